The van der Waals surface area contributed by atoms with E-state index < -0.39 is 5.97 Å². The van der Waals surface area contributed by atoms with Gasteiger partial charge in [0.25, 0.3) is 0 Å². The lowest BCUT2D eigenvalue weighted by atomic mass is 10.2. The maximum atomic E-state index is 11.3. The molecule has 1 aromatic heterocycles. The van der Waals surface area contributed by atoms with Crippen LogP contribution in [0.1, 0.15) is 21.7 Å². The quantitative estimate of drug-likeness (QED) is 0.864. The molecule has 19 heavy (non-hydrogen) atoms. The molecule has 0 aliphatic carbocycles. The number of aromatic carboxylic acids is 1. The van der Waals surface area contributed by atoms with E-state index in [-0.39, 0.29) is 5.56 Å². The zero-order valence-electron chi connectivity index (χ0n) is 10.3. The Morgan fingerprint density at radius 3 is 2.47 bits per heavy atom. The van der Waals surface area contributed by atoms with Crippen LogP contribution in [0.4, 0.5) is 0 Å². The molecule has 6 heteroatoms. The summed E-state index contributed by atoms with van der Waals surface area (Å²) in [6.07, 6.45) is 0. The Morgan fingerprint density at radius 2 is 1.89 bits per heavy atom. The topological polar surface area (TPSA) is 63.1 Å². The van der Waals surface area contributed by atoms with Gasteiger partial charge in [-0.3, -0.25) is 0 Å². The highest BCUT2D eigenvalue weighted by Gasteiger charge is 2.16. The summed E-state index contributed by atoms with van der Waals surface area (Å²) < 4.78 is 0.550. The first kappa shape index (κ1) is 14.0. The smallest absolute Gasteiger partial charge is 0.338 e. The van der Waals surface area contributed by atoms with Crippen molar-refractivity contribution in [2.45, 2.75) is 23.9 Å². The van der Waals surface area contributed by atoms with Crippen molar-refractivity contribution in [2.24, 2.45) is 0 Å². The highest BCUT2D eigenvalue weighted by molar-refractivity contribution is 9.10. The molecule has 0 radical (unpaired) electrons. The molecule has 0 fully saturated rings. The zero-order valence-corrected chi connectivity index (χ0v) is 12.7. The summed E-state index contributed by atoms with van der Waals surface area (Å²) >= 11 is 4.51. The Balaban J connectivity index is 2.43. The highest BCUT2D eigenvalue weighted by atomic mass is 79.9. The summed E-state index contributed by atoms with van der Waals surface area (Å²) in [6, 6.07) is 7.13. The minimum Gasteiger partial charge on any atom is -0.478 e. The fourth-order valence-electron chi connectivity index (χ4n) is 1.63. The van der Waals surface area contributed by atoms with E-state index >= 15 is 0 Å². The van der Waals surface area contributed by atoms with Crippen molar-refractivity contribution in [1.29, 1.82) is 0 Å². The first-order valence-electron chi connectivity index (χ1n) is 5.49. The lowest BCUT2D eigenvalue weighted by Gasteiger charge is -2.07. The fraction of sp³-hybridized carbons (Fsp3) is 0.154. The molecule has 0 aliphatic heterocycles. The zero-order chi connectivity index (χ0) is 14.0. The van der Waals surface area contributed by atoms with Crippen molar-refractivity contribution in [3.05, 3.63) is 45.7 Å². The molecule has 2 rings (SSSR count). The van der Waals surface area contributed by atoms with E-state index in [4.69, 9.17) is 0 Å². The lowest BCUT2D eigenvalue weighted by Crippen LogP contribution is -2.01. The monoisotopic (exact) mass is 338 g/mol. The molecule has 2 aromatic rings. The summed E-state index contributed by atoms with van der Waals surface area (Å²) in [5.74, 6) is -0.973. The summed E-state index contributed by atoms with van der Waals surface area (Å²) in [4.78, 5) is 20.5. The third-order valence-corrected chi connectivity index (χ3v) is 3.94. The molecule has 1 N–H and O–H groups in total. The minimum atomic E-state index is -0.973. The summed E-state index contributed by atoms with van der Waals surface area (Å²) in [5.41, 5.74) is 1.96. The Hall–Kier alpha value is -1.40. The predicted molar refractivity (Wildman–Crippen MR) is 76.7 cm³/mol. The number of aryl methyl sites for hydroxylation is 2. The van der Waals surface area contributed by atoms with Crippen LogP contribution in [0.3, 0.4) is 0 Å². The second-order valence-corrected chi connectivity index (χ2v) is 5.82. The molecule has 1 aromatic carbocycles. The summed E-state index contributed by atoms with van der Waals surface area (Å²) in [7, 11) is 0. The third kappa shape index (κ3) is 3.33. The van der Waals surface area contributed by atoms with Gasteiger partial charge in [0.1, 0.15) is 0 Å². The Labute approximate surface area is 123 Å². The number of carbonyl (C=O) groups is 1. The first-order chi connectivity index (χ1) is 8.97. The number of carboxylic acids is 1. The van der Waals surface area contributed by atoms with Gasteiger partial charge in [-0.05, 0) is 59.7 Å². The van der Waals surface area contributed by atoms with Gasteiger partial charge < -0.3 is 5.11 Å². The van der Waals surface area contributed by atoms with Crippen molar-refractivity contribution in [2.75, 3.05) is 0 Å². The van der Waals surface area contributed by atoms with E-state index in [1.165, 1.54) is 11.8 Å². The number of hydrogen-bond acceptors (Lipinski definition) is 4. The van der Waals surface area contributed by atoms with Gasteiger partial charge in [-0.1, -0.05) is 6.07 Å². The number of nitrogens with zero attached hydrogens (tertiary/aromatic N) is 2. The van der Waals surface area contributed by atoms with Crippen molar-refractivity contribution < 1.29 is 9.90 Å². The van der Waals surface area contributed by atoms with Gasteiger partial charge in [0.15, 0.2) is 5.16 Å². The first-order valence-corrected chi connectivity index (χ1v) is 7.10. The van der Waals surface area contributed by atoms with E-state index in [9.17, 15) is 9.90 Å². The molecule has 0 spiro atoms. The predicted octanol–water partition coefficient (Wildman–Crippen LogP) is 3.71. The average molecular weight is 339 g/mol. The van der Waals surface area contributed by atoms with Crippen LogP contribution in [0, 0.1) is 13.8 Å². The highest BCUT2D eigenvalue weighted by Crippen LogP contribution is 2.32. The molecule has 1 heterocycles. The van der Waals surface area contributed by atoms with Crippen LogP contribution in [-0.4, -0.2) is 21.0 Å². The van der Waals surface area contributed by atoms with Crippen LogP contribution < -0.4 is 0 Å². The summed E-state index contributed by atoms with van der Waals surface area (Å²) in [5, 5.41) is 9.80. The van der Waals surface area contributed by atoms with Gasteiger partial charge >= 0.3 is 5.97 Å². The van der Waals surface area contributed by atoms with Crippen molar-refractivity contribution >= 4 is 33.7 Å². The molecular weight excluding hydrogens is 328 g/mol. The van der Waals surface area contributed by atoms with Crippen LogP contribution in [0.25, 0.3) is 0 Å². The van der Waals surface area contributed by atoms with Gasteiger partial charge in [0.2, 0.25) is 0 Å². The van der Waals surface area contributed by atoms with Gasteiger partial charge in [0.05, 0.1) is 5.56 Å². The maximum absolute atomic E-state index is 11.3. The number of benzene rings is 1. The van der Waals surface area contributed by atoms with Crippen LogP contribution >= 0.6 is 27.7 Å². The molecule has 98 valence electrons. The van der Waals surface area contributed by atoms with E-state index in [2.05, 4.69) is 25.9 Å². The molecule has 4 nitrogen and oxygen atoms in total. The second kappa shape index (κ2) is 5.71. The van der Waals surface area contributed by atoms with Crippen molar-refractivity contribution in [3.8, 4) is 0 Å². The largest absolute Gasteiger partial charge is 0.478 e. The number of hydrogen-bond donors (Lipinski definition) is 1. The van der Waals surface area contributed by atoms with Crippen molar-refractivity contribution in [1.82, 2.24) is 9.97 Å². The fourth-order valence-corrected chi connectivity index (χ4v) is 3.32. The van der Waals surface area contributed by atoms with Crippen LogP contribution in [-0.2, 0) is 0 Å². The van der Waals surface area contributed by atoms with E-state index in [0.29, 0.717) is 14.5 Å². The van der Waals surface area contributed by atoms with Gasteiger partial charge in [-0.25, -0.2) is 14.8 Å². The standard InChI is InChI=1S/C13H11BrN2O2S/c1-7-6-8(2)16-13(15-7)19-10-5-3-4-9(14)11(10)12(17)18/h3-6H,1-2H3,(H,17,18). The molecule has 0 bridgehead atoms. The average Bonchev–Trinajstić information content (AvgIpc) is 2.26. The number of halogens is 1. The normalized spacial score (nSPS) is 10.5. The van der Waals surface area contributed by atoms with E-state index in [1.54, 1.807) is 18.2 Å². The SMILES string of the molecule is Cc1cc(C)nc(Sc2cccc(Br)c2C(=O)O)n1. The molecule has 0 aliphatic rings. The second-order valence-electron chi connectivity index (χ2n) is 3.95. The minimum absolute atomic E-state index is 0.232. The number of aromatic nitrogens is 2. The van der Waals surface area contributed by atoms with Crippen LogP contribution in [0.15, 0.2) is 38.8 Å². The molecule has 0 atom stereocenters. The summed E-state index contributed by atoms with van der Waals surface area (Å²) in [6.45, 7) is 3.77. The third-order valence-electron chi connectivity index (χ3n) is 2.35. The van der Waals surface area contributed by atoms with Gasteiger partial charge in [0, 0.05) is 20.8 Å². The van der Waals surface area contributed by atoms with Gasteiger partial charge in [-0.15, -0.1) is 0 Å². The molecule has 0 saturated carbocycles. The van der Waals surface area contributed by atoms with Gasteiger partial charge in [-0.2, -0.15) is 0 Å². The molecule has 0 amide bonds. The Morgan fingerprint density at radius 1 is 1.26 bits per heavy atom. The Kier molecular flexibility index (Phi) is 4.21. The molecule has 0 saturated heterocycles. The lowest BCUT2D eigenvalue weighted by molar-refractivity contribution is 0.0692. The Bertz CT molecular complexity index is 626. The van der Waals surface area contributed by atoms with Crippen molar-refractivity contribution in [3.63, 3.8) is 0 Å². The van der Waals surface area contributed by atoms with E-state index in [0.717, 1.165) is 11.4 Å². The number of carboxylic acid groups (broad SMARTS) is 1. The molecule has 0 unspecified atom stereocenters. The number of rotatable bonds is 3. The van der Waals surface area contributed by atoms with Crippen LogP contribution in [0.5, 0.6) is 0 Å². The maximum Gasteiger partial charge on any atom is 0.338 e. The van der Waals surface area contributed by atoms with Crippen LogP contribution in [0.2, 0.25) is 0 Å². The molecular formula is C13H11BrN2O2S. The van der Waals surface area contributed by atoms with E-state index in [1.807, 2.05) is 19.9 Å².